The Morgan fingerprint density at radius 3 is 2.14 bits per heavy atom. The maximum atomic E-state index is 5.71. The van der Waals surface area contributed by atoms with Crippen LogP contribution in [-0.4, -0.2) is 34.1 Å². The van der Waals surface area contributed by atoms with Gasteiger partial charge in [-0.05, 0) is 12.3 Å². The van der Waals surface area contributed by atoms with Crippen LogP contribution in [0.4, 0.5) is 0 Å². The molecule has 21 heavy (non-hydrogen) atoms. The number of allylic oxidation sites excluding steroid dienone is 3. The fraction of sp³-hybridized carbons (Fsp3) is 0.667. The lowest BCUT2D eigenvalue weighted by Gasteiger charge is -2.44. The molecule has 0 bridgehead atoms. The highest BCUT2D eigenvalue weighted by Crippen LogP contribution is 2.33. The maximum Gasteiger partial charge on any atom is 0.140 e. The number of alkyl halides is 1. The first-order valence-corrected chi connectivity index (χ1v) is 8.70. The standard InChI is InChI=1S/C18H29IN.ClH/c1-6-12-20(13-16(2)3,14-17(4)5)15-18(19)10-8-7-9-11-18;/h1,7-10,16-17H,11-15H2,2-5H3;1H/q+1;/p-1. The molecule has 0 aromatic carbocycles. The van der Waals surface area contributed by atoms with Crippen molar-refractivity contribution in [2.75, 3.05) is 26.2 Å². The molecule has 0 spiro atoms. The Labute approximate surface area is 151 Å². The SMILES string of the molecule is C#CC[N+](CC(C)C)(CC(C)C)CC1(I)C=CC=CC1.[Cl-]. The summed E-state index contributed by atoms with van der Waals surface area (Å²) in [6.45, 7) is 13.5. The van der Waals surface area contributed by atoms with E-state index >= 15 is 0 Å². The molecule has 0 aliphatic heterocycles. The van der Waals surface area contributed by atoms with Crippen molar-refractivity contribution >= 4 is 22.6 Å². The van der Waals surface area contributed by atoms with Crippen LogP contribution in [0, 0.1) is 24.2 Å². The Bertz CT molecular complexity index is 396. The molecule has 1 rings (SSSR count). The maximum absolute atomic E-state index is 5.71. The average Bonchev–Trinajstić information content (AvgIpc) is 2.26. The van der Waals surface area contributed by atoms with Crippen LogP contribution in [0.15, 0.2) is 24.3 Å². The number of hydrogen-bond donors (Lipinski definition) is 0. The largest absolute Gasteiger partial charge is 1.00 e. The zero-order chi connectivity index (χ0) is 15.2. The van der Waals surface area contributed by atoms with E-state index in [1.165, 1.54) is 13.1 Å². The van der Waals surface area contributed by atoms with E-state index in [0.29, 0.717) is 11.8 Å². The second-order valence-electron chi connectivity index (χ2n) is 7.04. The number of terminal acetylenes is 1. The molecule has 1 unspecified atom stereocenters. The summed E-state index contributed by atoms with van der Waals surface area (Å²) >= 11 is 2.63. The molecule has 0 aromatic rings. The Kier molecular flexibility index (Phi) is 9.23. The molecule has 0 N–H and O–H groups in total. The first-order chi connectivity index (χ1) is 9.31. The average molecular weight is 422 g/mol. The quantitative estimate of drug-likeness (QED) is 0.253. The van der Waals surface area contributed by atoms with Crippen molar-refractivity contribution in [3.05, 3.63) is 24.3 Å². The molecule has 0 saturated carbocycles. The molecule has 1 aliphatic rings. The van der Waals surface area contributed by atoms with Crippen LogP contribution in [0.2, 0.25) is 0 Å². The molecule has 3 heteroatoms. The van der Waals surface area contributed by atoms with Gasteiger partial charge >= 0.3 is 0 Å². The minimum absolute atomic E-state index is 0. The zero-order valence-electron chi connectivity index (χ0n) is 13.8. The van der Waals surface area contributed by atoms with E-state index in [9.17, 15) is 0 Å². The van der Waals surface area contributed by atoms with Crippen LogP contribution in [0.1, 0.15) is 34.1 Å². The second kappa shape index (κ2) is 9.22. The van der Waals surface area contributed by atoms with Gasteiger partial charge in [-0.15, -0.1) is 6.42 Å². The highest BCUT2D eigenvalue weighted by atomic mass is 127. The minimum Gasteiger partial charge on any atom is -1.00 e. The van der Waals surface area contributed by atoms with Crippen molar-refractivity contribution < 1.29 is 16.9 Å². The van der Waals surface area contributed by atoms with Crippen molar-refractivity contribution in [2.45, 2.75) is 37.5 Å². The van der Waals surface area contributed by atoms with Gasteiger partial charge in [-0.25, -0.2) is 0 Å². The predicted octanol–water partition coefficient (Wildman–Crippen LogP) is 1.44. The molecule has 0 saturated heterocycles. The smallest absolute Gasteiger partial charge is 0.140 e. The van der Waals surface area contributed by atoms with Crippen LogP contribution < -0.4 is 12.4 Å². The normalized spacial score (nSPS) is 21.4. The minimum atomic E-state index is 0. The van der Waals surface area contributed by atoms with Crippen molar-refractivity contribution in [1.82, 2.24) is 0 Å². The Morgan fingerprint density at radius 1 is 1.19 bits per heavy atom. The van der Waals surface area contributed by atoms with Crippen molar-refractivity contribution in [3.8, 4) is 12.3 Å². The zero-order valence-corrected chi connectivity index (χ0v) is 16.7. The molecule has 0 aromatic heterocycles. The first-order valence-electron chi connectivity index (χ1n) is 7.63. The number of nitrogens with zero attached hydrogens (tertiary/aromatic N) is 1. The highest BCUT2D eigenvalue weighted by Gasteiger charge is 2.38. The molecule has 0 radical (unpaired) electrons. The third kappa shape index (κ3) is 7.21. The van der Waals surface area contributed by atoms with Gasteiger partial charge in [-0.2, -0.15) is 0 Å². The van der Waals surface area contributed by atoms with Crippen LogP contribution in [-0.2, 0) is 0 Å². The van der Waals surface area contributed by atoms with Crippen molar-refractivity contribution in [2.24, 2.45) is 11.8 Å². The van der Waals surface area contributed by atoms with Gasteiger partial charge in [0.05, 0.1) is 23.1 Å². The van der Waals surface area contributed by atoms with E-state index in [0.717, 1.165) is 24.0 Å². The lowest BCUT2D eigenvalue weighted by atomic mass is 9.96. The molecule has 120 valence electrons. The molecule has 0 heterocycles. The Balaban J connectivity index is 0.00000400. The van der Waals surface area contributed by atoms with Crippen molar-refractivity contribution in [3.63, 3.8) is 0 Å². The Morgan fingerprint density at radius 2 is 1.76 bits per heavy atom. The van der Waals surface area contributed by atoms with Crippen LogP contribution in [0.3, 0.4) is 0 Å². The molecular formula is C18H29ClIN. The molecule has 1 nitrogen and oxygen atoms in total. The second-order valence-corrected chi connectivity index (χ2v) is 9.19. The van der Waals surface area contributed by atoms with E-state index in [1.54, 1.807) is 0 Å². The fourth-order valence-corrected chi connectivity index (χ4v) is 4.63. The number of halogens is 2. The highest BCUT2D eigenvalue weighted by molar-refractivity contribution is 14.1. The summed E-state index contributed by atoms with van der Waals surface area (Å²) < 4.78 is 1.26. The summed E-state index contributed by atoms with van der Waals surface area (Å²) in [6, 6.07) is 0. The molecule has 0 amide bonds. The van der Waals surface area contributed by atoms with Gasteiger partial charge in [0.15, 0.2) is 0 Å². The summed E-state index contributed by atoms with van der Waals surface area (Å²) in [5.74, 6) is 4.30. The molecular weight excluding hydrogens is 393 g/mol. The summed E-state index contributed by atoms with van der Waals surface area (Å²) in [7, 11) is 0. The summed E-state index contributed by atoms with van der Waals surface area (Å²) in [6.07, 6.45) is 15.8. The summed E-state index contributed by atoms with van der Waals surface area (Å²) in [5.41, 5.74) is 0. The van der Waals surface area contributed by atoms with Gasteiger partial charge in [0.2, 0.25) is 0 Å². The van der Waals surface area contributed by atoms with E-state index in [-0.39, 0.29) is 15.8 Å². The topological polar surface area (TPSA) is 0 Å². The van der Waals surface area contributed by atoms with Gasteiger partial charge in [-0.1, -0.05) is 74.6 Å². The molecule has 1 atom stereocenters. The lowest BCUT2D eigenvalue weighted by Crippen LogP contribution is -3.00. The third-order valence-corrected chi connectivity index (χ3v) is 4.77. The Hall–Kier alpha value is 0.0200. The number of hydrogen-bond acceptors (Lipinski definition) is 0. The number of quaternary nitrogens is 1. The monoisotopic (exact) mass is 421 g/mol. The van der Waals surface area contributed by atoms with E-state index in [2.05, 4.69) is 80.5 Å². The molecule has 0 fully saturated rings. The van der Waals surface area contributed by atoms with Crippen LogP contribution in [0.25, 0.3) is 0 Å². The fourth-order valence-electron chi connectivity index (χ4n) is 3.44. The van der Waals surface area contributed by atoms with Gasteiger partial charge in [0.25, 0.3) is 0 Å². The molecule has 1 aliphatic carbocycles. The predicted molar refractivity (Wildman–Crippen MR) is 97.9 cm³/mol. The summed E-state index contributed by atoms with van der Waals surface area (Å²) in [5, 5.41) is 0. The van der Waals surface area contributed by atoms with Gasteiger partial charge < -0.3 is 16.9 Å². The lowest BCUT2D eigenvalue weighted by molar-refractivity contribution is -0.927. The van der Waals surface area contributed by atoms with Crippen molar-refractivity contribution in [1.29, 1.82) is 0 Å². The van der Waals surface area contributed by atoms with E-state index < -0.39 is 0 Å². The third-order valence-electron chi connectivity index (χ3n) is 3.63. The van der Waals surface area contributed by atoms with Crippen LogP contribution >= 0.6 is 22.6 Å². The van der Waals surface area contributed by atoms with Gasteiger partial charge in [0.1, 0.15) is 6.54 Å². The first kappa shape index (κ1) is 21.0. The summed E-state index contributed by atoms with van der Waals surface area (Å²) in [4.78, 5) is 0. The van der Waals surface area contributed by atoms with E-state index in [4.69, 9.17) is 6.42 Å². The number of rotatable bonds is 7. The van der Waals surface area contributed by atoms with Crippen LogP contribution in [0.5, 0.6) is 0 Å². The van der Waals surface area contributed by atoms with Gasteiger partial charge in [0, 0.05) is 11.8 Å². The van der Waals surface area contributed by atoms with Gasteiger partial charge in [-0.3, -0.25) is 0 Å². The van der Waals surface area contributed by atoms with E-state index in [1.807, 2.05) is 0 Å².